The number of rotatable bonds is 5. The van der Waals surface area contributed by atoms with Crippen LogP contribution < -0.4 is 14.8 Å². The largest absolute Gasteiger partial charge is 0.496 e. The first-order chi connectivity index (χ1) is 10.7. The van der Waals surface area contributed by atoms with Gasteiger partial charge in [-0.15, -0.1) is 0 Å². The van der Waals surface area contributed by atoms with Crippen molar-refractivity contribution in [3.05, 3.63) is 23.8 Å². The van der Waals surface area contributed by atoms with Gasteiger partial charge in [0.25, 0.3) is 5.91 Å². The van der Waals surface area contributed by atoms with E-state index in [0.717, 1.165) is 32.0 Å². The molecule has 0 aromatic heterocycles. The van der Waals surface area contributed by atoms with Gasteiger partial charge in [-0.3, -0.25) is 4.79 Å². The first-order valence-electron chi connectivity index (χ1n) is 7.99. The fourth-order valence-corrected chi connectivity index (χ4v) is 3.18. The van der Waals surface area contributed by atoms with Crippen LogP contribution in [0.25, 0.3) is 0 Å². The second kappa shape index (κ2) is 6.57. The van der Waals surface area contributed by atoms with Gasteiger partial charge in [0.15, 0.2) is 0 Å². The molecule has 1 N–H and O–H groups in total. The maximum Gasteiger partial charge on any atom is 0.259 e. The molecule has 5 heteroatoms. The van der Waals surface area contributed by atoms with E-state index < -0.39 is 0 Å². The summed E-state index contributed by atoms with van der Waals surface area (Å²) in [6, 6.07) is 6.44. The minimum absolute atomic E-state index is 0.112. The van der Waals surface area contributed by atoms with E-state index in [1.54, 1.807) is 26.4 Å². The van der Waals surface area contributed by atoms with E-state index in [1.807, 2.05) is 6.07 Å². The highest BCUT2D eigenvalue weighted by molar-refractivity contribution is 5.99. The normalized spacial score (nSPS) is 19.7. The number of amides is 1. The highest BCUT2D eigenvalue weighted by Crippen LogP contribution is 2.30. The van der Waals surface area contributed by atoms with Gasteiger partial charge in [0.2, 0.25) is 0 Å². The zero-order valence-corrected chi connectivity index (χ0v) is 13.3. The number of piperidine rings is 1. The maximum atomic E-state index is 12.6. The highest BCUT2D eigenvalue weighted by atomic mass is 16.5. The van der Waals surface area contributed by atoms with Crippen molar-refractivity contribution in [3.8, 4) is 11.5 Å². The van der Waals surface area contributed by atoms with Crippen molar-refractivity contribution in [2.24, 2.45) is 0 Å². The minimum Gasteiger partial charge on any atom is -0.496 e. The Kier molecular flexibility index (Phi) is 4.52. The van der Waals surface area contributed by atoms with Gasteiger partial charge in [-0.1, -0.05) is 6.07 Å². The molecule has 0 radical (unpaired) electrons. The van der Waals surface area contributed by atoms with Crippen molar-refractivity contribution in [3.63, 3.8) is 0 Å². The van der Waals surface area contributed by atoms with Crippen molar-refractivity contribution in [2.75, 3.05) is 27.3 Å². The molecule has 5 nitrogen and oxygen atoms in total. The van der Waals surface area contributed by atoms with E-state index in [9.17, 15) is 4.79 Å². The van der Waals surface area contributed by atoms with Gasteiger partial charge in [-0.05, 0) is 37.8 Å². The lowest BCUT2D eigenvalue weighted by Crippen LogP contribution is -2.45. The third kappa shape index (κ3) is 3.19. The smallest absolute Gasteiger partial charge is 0.259 e. The van der Waals surface area contributed by atoms with Crippen molar-refractivity contribution in [1.29, 1.82) is 0 Å². The molecular weight excluding hydrogens is 280 g/mol. The third-order valence-corrected chi connectivity index (χ3v) is 4.58. The highest BCUT2D eigenvalue weighted by Gasteiger charge is 2.32. The number of nitrogens with one attached hydrogen (secondary N) is 1. The first-order valence-corrected chi connectivity index (χ1v) is 7.99. The molecular formula is C17H24N2O3. The molecule has 1 saturated carbocycles. The number of carbonyl (C=O) groups excluding carboxylic acids is 1. The topological polar surface area (TPSA) is 50.8 Å². The van der Waals surface area contributed by atoms with E-state index in [0.29, 0.717) is 17.1 Å². The van der Waals surface area contributed by atoms with Gasteiger partial charge < -0.3 is 19.7 Å². The second-order valence-corrected chi connectivity index (χ2v) is 6.05. The van der Waals surface area contributed by atoms with E-state index in [1.165, 1.54) is 12.8 Å². The Hall–Kier alpha value is -1.75. The standard InChI is InChI=1S/C17H24N2O3/c1-21-14-4-3-5-15(22-2)16(14)17(20)18-12-8-10-19(11-9-12)13-6-7-13/h3-5,12-13H,6-11H2,1-2H3,(H,18,20). The number of carbonyl (C=O) groups is 1. The summed E-state index contributed by atoms with van der Waals surface area (Å²) in [5, 5.41) is 3.14. The maximum absolute atomic E-state index is 12.6. The summed E-state index contributed by atoms with van der Waals surface area (Å²) in [6.07, 6.45) is 4.71. The molecule has 1 saturated heterocycles. The fourth-order valence-electron chi connectivity index (χ4n) is 3.18. The minimum atomic E-state index is -0.112. The van der Waals surface area contributed by atoms with Crippen molar-refractivity contribution in [2.45, 2.75) is 37.8 Å². The van der Waals surface area contributed by atoms with E-state index in [-0.39, 0.29) is 11.9 Å². The molecule has 2 aliphatic rings. The molecule has 0 atom stereocenters. The van der Waals surface area contributed by atoms with Gasteiger partial charge >= 0.3 is 0 Å². The molecule has 1 aliphatic heterocycles. The Balaban J connectivity index is 1.64. The molecule has 0 unspecified atom stereocenters. The van der Waals surface area contributed by atoms with Crippen LogP contribution in [0.15, 0.2) is 18.2 Å². The van der Waals surface area contributed by atoms with Gasteiger partial charge in [-0.2, -0.15) is 0 Å². The quantitative estimate of drug-likeness (QED) is 0.904. The molecule has 0 spiro atoms. The molecule has 1 aliphatic carbocycles. The average molecular weight is 304 g/mol. The summed E-state index contributed by atoms with van der Waals surface area (Å²) in [4.78, 5) is 15.2. The fraction of sp³-hybridized carbons (Fsp3) is 0.588. The number of hydrogen-bond acceptors (Lipinski definition) is 4. The molecule has 1 amide bonds. The molecule has 1 heterocycles. The predicted octanol–water partition coefficient (Wildman–Crippen LogP) is 2.06. The Labute approximate surface area is 131 Å². The SMILES string of the molecule is COc1cccc(OC)c1C(=O)NC1CCN(C2CC2)CC1. The molecule has 1 aromatic carbocycles. The number of hydrogen-bond donors (Lipinski definition) is 1. The van der Waals surface area contributed by atoms with Crippen LogP contribution >= 0.6 is 0 Å². The summed E-state index contributed by atoms with van der Waals surface area (Å²) in [5.74, 6) is 0.985. The number of methoxy groups -OCH3 is 2. The number of likely N-dealkylation sites (tertiary alicyclic amines) is 1. The van der Waals surface area contributed by atoms with Crippen LogP contribution in [-0.4, -0.2) is 50.2 Å². The lowest BCUT2D eigenvalue weighted by molar-refractivity contribution is 0.0903. The zero-order chi connectivity index (χ0) is 15.5. The third-order valence-electron chi connectivity index (χ3n) is 4.58. The molecule has 120 valence electrons. The second-order valence-electron chi connectivity index (χ2n) is 6.05. The zero-order valence-electron chi connectivity index (χ0n) is 13.3. The molecule has 3 rings (SSSR count). The van der Waals surface area contributed by atoms with Crippen molar-refractivity contribution >= 4 is 5.91 Å². The molecule has 0 bridgehead atoms. The van der Waals surface area contributed by atoms with Crippen LogP contribution in [0.2, 0.25) is 0 Å². The number of benzene rings is 1. The van der Waals surface area contributed by atoms with Crippen LogP contribution in [-0.2, 0) is 0 Å². The summed E-state index contributed by atoms with van der Waals surface area (Å²) < 4.78 is 10.6. The van der Waals surface area contributed by atoms with Gasteiger partial charge in [-0.25, -0.2) is 0 Å². The van der Waals surface area contributed by atoms with Crippen LogP contribution in [0.3, 0.4) is 0 Å². The average Bonchev–Trinajstić information content (AvgIpc) is 3.39. The van der Waals surface area contributed by atoms with Crippen LogP contribution in [0.5, 0.6) is 11.5 Å². The summed E-state index contributed by atoms with van der Waals surface area (Å²) in [5.41, 5.74) is 0.483. The summed E-state index contributed by atoms with van der Waals surface area (Å²) in [7, 11) is 3.14. The lowest BCUT2D eigenvalue weighted by Gasteiger charge is -2.32. The summed E-state index contributed by atoms with van der Waals surface area (Å²) >= 11 is 0. The Morgan fingerprint density at radius 1 is 1.09 bits per heavy atom. The van der Waals surface area contributed by atoms with Crippen LogP contribution in [0, 0.1) is 0 Å². The van der Waals surface area contributed by atoms with Crippen LogP contribution in [0.1, 0.15) is 36.0 Å². The molecule has 2 fully saturated rings. The van der Waals surface area contributed by atoms with E-state index >= 15 is 0 Å². The molecule has 22 heavy (non-hydrogen) atoms. The van der Waals surface area contributed by atoms with Gasteiger partial charge in [0, 0.05) is 25.2 Å². The van der Waals surface area contributed by atoms with Crippen molar-refractivity contribution < 1.29 is 14.3 Å². The summed E-state index contributed by atoms with van der Waals surface area (Å²) in [6.45, 7) is 2.16. The number of ether oxygens (including phenoxy) is 2. The predicted molar refractivity (Wildman–Crippen MR) is 84.6 cm³/mol. The Morgan fingerprint density at radius 3 is 2.18 bits per heavy atom. The van der Waals surface area contributed by atoms with Crippen LogP contribution in [0.4, 0.5) is 0 Å². The van der Waals surface area contributed by atoms with Crippen molar-refractivity contribution in [1.82, 2.24) is 10.2 Å². The van der Waals surface area contributed by atoms with Gasteiger partial charge in [0.05, 0.1) is 14.2 Å². The van der Waals surface area contributed by atoms with E-state index in [2.05, 4.69) is 10.2 Å². The lowest BCUT2D eigenvalue weighted by atomic mass is 10.0. The Morgan fingerprint density at radius 2 is 1.68 bits per heavy atom. The van der Waals surface area contributed by atoms with E-state index in [4.69, 9.17) is 9.47 Å². The Bertz CT molecular complexity index is 512. The number of nitrogens with zero attached hydrogens (tertiary/aromatic N) is 1. The first kappa shape index (κ1) is 15.2. The monoisotopic (exact) mass is 304 g/mol. The van der Waals surface area contributed by atoms with Gasteiger partial charge in [0.1, 0.15) is 17.1 Å². The molecule has 1 aromatic rings.